The van der Waals surface area contributed by atoms with E-state index >= 15 is 0 Å². The van der Waals surface area contributed by atoms with Crippen LogP contribution in [0, 0.1) is 0 Å². The number of aryl methyl sites for hydroxylation is 1. The Morgan fingerprint density at radius 3 is 2.97 bits per heavy atom. The van der Waals surface area contributed by atoms with Crippen molar-refractivity contribution in [1.29, 1.82) is 0 Å². The Balaban J connectivity index is 1.55. The summed E-state index contributed by atoms with van der Waals surface area (Å²) in [6, 6.07) is 3.55. The highest BCUT2D eigenvalue weighted by atomic mass is 35.5. The first-order valence-corrected chi connectivity index (χ1v) is 10.9. The highest BCUT2D eigenvalue weighted by Gasteiger charge is 2.14. The van der Waals surface area contributed by atoms with Gasteiger partial charge in [0.05, 0.1) is 18.7 Å². The molecule has 1 aliphatic rings. The van der Waals surface area contributed by atoms with Crippen LogP contribution in [-0.4, -0.2) is 40.9 Å². The molecule has 0 saturated carbocycles. The van der Waals surface area contributed by atoms with Gasteiger partial charge in [0.25, 0.3) is 0 Å². The predicted molar refractivity (Wildman–Crippen MR) is 117 cm³/mol. The fraction of sp³-hybridized carbons (Fsp3) is 0.500. The van der Waals surface area contributed by atoms with E-state index < -0.39 is 0 Å². The van der Waals surface area contributed by atoms with Gasteiger partial charge < -0.3 is 19.4 Å². The van der Waals surface area contributed by atoms with Gasteiger partial charge in [-0.15, -0.1) is 10.2 Å². The van der Waals surface area contributed by atoms with Gasteiger partial charge >= 0.3 is 0 Å². The van der Waals surface area contributed by atoms with E-state index in [9.17, 15) is 4.79 Å². The number of hydrogen-bond donors (Lipinski definition) is 1. The maximum atomic E-state index is 12.2. The number of nitrogens with one attached hydrogen (secondary N) is 1. The van der Waals surface area contributed by atoms with Gasteiger partial charge in [-0.1, -0.05) is 24.9 Å². The number of nitrogens with zero attached hydrogens (tertiary/aromatic N) is 3. The quantitative estimate of drug-likeness (QED) is 0.609. The second-order valence-corrected chi connectivity index (χ2v) is 7.66. The van der Waals surface area contributed by atoms with Crippen LogP contribution in [0.25, 0.3) is 6.08 Å². The topological polar surface area (TPSA) is 78.3 Å². The van der Waals surface area contributed by atoms with Gasteiger partial charge in [-0.2, -0.15) is 0 Å². The summed E-state index contributed by atoms with van der Waals surface area (Å²) in [7, 11) is 1.57. The van der Waals surface area contributed by atoms with Crippen LogP contribution in [0.2, 0.25) is 5.02 Å². The monoisotopic (exact) mass is 432 g/mol. The number of ether oxygens (including phenoxy) is 2. The third kappa shape index (κ3) is 5.75. The van der Waals surface area contributed by atoms with Crippen molar-refractivity contribution in [2.24, 2.45) is 0 Å². The van der Waals surface area contributed by atoms with Crippen LogP contribution in [0.15, 0.2) is 18.2 Å². The molecule has 0 bridgehead atoms. The number of hydrogen-bond acceptors (Lipinski definition) is 5. The normalized spacial score (nSPS) is 13.7. The molecule has 7 nitrogen and oxygen atoms in total. The third-order valence-corrected chi connectivity index (χ3v) is 5.24. The molecule has 0 radical (unpaired) electrons. The van der Waals surface area contributed by atoms with Crippen LogP contribution in [-0.2, 0) is 24.2 Å². The molecule has 1 aromatic carbocycles. The van der Waals surface area contributed by atoms with Crippen LogP contribution < -0.4 is 14.8 Å². The molecule has 1 aromatic heterocycles. The Kier molecular flexibility index (Phi) is 8.13. The lowest BCUT2D eigenvalue weighted by Crippen LogP contribution is -2.24. The smallest absolute Gasteiger partial charge is 0.244 e. The zero-order valence-electron chi connectivity index (χ0n) is 17.6. The van der Waals surface area contributed by atoms with Gasteiger partial charge in [0, 0.05) is 32.0 Å². The van der Waals surface area contributed by atoms with Crippen molar-refractivity contribution in [1.82, 2.24) is 20.1 Å². The molecule has 0 atom stereocenters. The molecule has 1 amide bonds. The number of carbonyl (C=O) groups excluding carboxylic acids is 1. The van der Waals surface area contributed by atoms with Crippen molar-refractivity contribution in [3.8, 4) is 11.5 Å². The van der Waals surface area contributed by atoms with Gasteiger partial charge in [-0.05, 0) is 43.0 Å². The van der Waals surface area contributed by atoms with Crippen molar-refractivity contribution in [3.05, 3.63) is 40.4 Å². The predicted octanol–water partition coefficient (Wildman–Crippen LogP) is 3.83. The van der Waals surface area contributed by atoms with E-state index in [0.717, 1.165) is 43.0 Å². The van der Waals surface area contributed by atoms with Crippen LogP contribution in [0.1, 0.15) is 49.8 Å². The second-order valence-electron chi connectivity index (χ2n) is 7.25. The van der Waals surface area contributed by atoms with Gasteiger partial charge in [0.2, 0.25) is 5.91 Å². The number of carbonyl (C=O) groups is 1. The number of amides is 1. The molecule has 2 aromatic rings. The number of fused-ring (bicyclic) bond motifs is 1. The highest BCUT2D eigenvalue weighted by molar-refractivity contribution is 6.32. The summed E-state index contributed by atoms with van der Waals surface area (Å²) in [6.07, 6.45) is 9.26. The van der Waals surface area contributed by atoms with Crippen LogP contribution in [0.4, 0.5) is 0 Å². The molecule has 0 fully saturated rings. The maximum absolute atomic E-state index is 12.2. The number of methoxy groups -OCH3 is 1. The molecular formula is C22H29ClN4O3. The van der Waals surface area contributed by atoms with Crippen molar-refractivity contribution < 1.29 is 14.3 Å². The van der Waals surface area contributed by atoms with Crippen molar-refractivity contribution >= 4 is 23.6 Å². The first-order chi connectivity index (χ1) is 14.6. The molecule has 0 unspecified atom stereocenters. The molecule has 8 heteroatoms. The van der Waals surface area contributed by atoms with E-state index in [1.165, 1.54) is 18.9 Å². The van der Waals surface area contributed by atoms with E-state index in [-0.39, 0.29) is 5.91 Å². The fourth-order valence-corrected chi connectivity index (χ4v) is 3.71. The van der Waals surface area contributed by atoms with Gasteiger partial charge in [0.1, 0.15) is 11.6 Å². The molecule has 0 saturated heterocycles. The highest BCUT2D eigenvalue weighted by Crippen LogP contribution is 2.36. The second kappa shape index (κ2) is 11.0. The molecule has 1 N–H and O–H groups in total. The Morgan fingerprint density at radius 2 is 2.17 bits per heavy atom. The van der Waals surface area contributed by atoms with Gasteiger partial charge in [-0.25, -0.2) is 0 Å². The van der Waals surface area contributed by atoms with E-state index in [0.29, 0.717) is 36.1 Å². The lowest BCUT2D eigenvalue weighted by atomic mass is 10.2. The molecule has 3 rings (SSSR count). The Morgan fingerprint density at radius 1 is 1.30 bits per heavy atom. The van der Waals surface area contributed by atoms with E-state index in [2.05, 4.69) is 20.1 Å². The summed E-state index contributed by atoms with van der Waals surface area (Å²) in [6.45, 7) is 4.06. The lowest BCUT2D eigenvalue weighted by molar-refractivity contribution is -0.116. The number of halogens is 1. The summed E-state index contributed by atoms with van der Waals surface area (Å²) in [5.41, 5.74) is 0.763. The minimum absolute atomic E-state index is 0.174. The first-order valence-electron chi connectivity index (χ1n) is 10.5. The fourth-order valence-electron chi connectivity index (χ4n) is 3.44. The molecule has 2 heterocycles. The zero-order chi connectivity index (χ0) is 21.3. The molecule has 0 aliphatic carbocycles. The Labute approximate surface area is 182 Å². The standard InChI is InChI=1S/C22H29ClN4O3/c1-3-13-30-22-17(23)14-16(15-18(22)29-2)8-9-21(28)24-11-10-20-26-25-19-7-5-4-6-12-27(19)20/h8-9,14-15H,3-7,10-13H2,1-2H3,(H,24,28)/b9-8+. The third-order valence-electron chi connectivity index (χ3n) is 4.96. The van der Waals surface area contributed by atoms with Crippen LogP contribution in [0.5, 0.6) is 11.5 Å². The summed E-state index contributed by atoms with van der Waals surface area (Å²) in [5.74, 6) is 2.90. The van der Waals surface area contributed by atoms with Crippen molar-refractivity contribution in [3.63, 3.8) is 0 Å². The SMILES string of the molecule is CCCOc1c(Cl)cc(/C=C/C(=O)NCCc2nnc3n2CCCCC3)cc1OC. The Hall–Kier alpha value is -2.54. The molecule has 1 aliphatic heterocycles. The summed E-state index contributed by atoms with van der Waals surface area (Å²) >= 11 is 6.32. The molecule has 30 heavy (non-hydrogen) atoms. The average molecular weight is 433 g/mol. The molecular weight excluding hydrogens is 404 g/mol. The van der Waals surface area contributed by atoms with E-state index in [1.807, 2.05) is 6.92 Å². The summed E-state index contributed by atoms with van der Waals surface area (Å²) in [4.78, 5) is 12.2. The van der Waals surface area contributed by atoms with Crippen LogP contribution in [0.3, 0.4) is 0 Å². The number of rotatable bonds is 9. The number of aromatic nitrogens is 3. The largest absolute Gasteiger partial charge is 0.493 e. The minimum Gasteiger partial charge on any atom is -0.493 e. The van der Waals surface area contributed by atoms with Gasteiger partial charge in [-0.3, -0.25) is 4.79 Å². The zero-order valence-corrected chi connectivity index (χ0v) is 18.4. The lowest BCUT2D eigenvalue weighted by Gasteiger charge is -2.12. The van der Waals surface area contributed by atoms with Crippen LogP contribution >= 0.6 is 11.6 Å². The molecule has 0 spiro atoms. The maximum Gasteiger partial charge on any atom is 0.244 e. The Bertz CT molecular complexity index is 895. The van der Waals surface area contributed by atoms with Crippen molar-refractivity contribution in [2.75, 3.05) is 20.3 Å². The van der Waals surface area contributed by atoms with E-state index in [1.54, 1.807) is 25.3 Å². The summed E-state index contributed by atoms with van der Waals surface area (Å²) in [5, 5.41) is 11.9. The van der Waals surface area contributed by atoms with Gasteiger partial charge in [0.15, 0.2) is 11.5 Å². The van der Waals surface area contributed by atoms with E-state index in [4.69, 9.17) is 21.1 Å². The number of benzene rings is 1. The first kappa shape index (κ1) is 22.2. The summed E-state index contributed by atoms with van der Waals surface area (Å²) < 4.78 is 13.2. The minimum atomic E-state index is -0.174. The molecule has 162 valence electrons. The average Bonchev–Trinajstić information content (AvgIpc) is 2.97. The van der Waals surface area contributed by atoms with Crippen molar-refractivity contribution in [2.45, 2.75) is 52.0 Å².